The lowest BCUT2D eigenvalue weighted by atomic mass is 10.1. The van der Waals surface area contributed by atoms with Crippen molar-refractivity contribution in [2.24, 2.45) is 7.05 Å². The number of aryl methyl sites for hydroxylation is 3. The second-order valence-corrected chi connectivity index (χ2v) is 5.64. The number of pyridine rings is 1. The molecule has 0 N–H and O–H groups in total. The van der Waals surface area contributed by atoms with Gasteiger partial charge in [-0.2, -0.15) is 5.10 Å². The minimum atomic E-state index is -0.101. The minimum Gasteiger partial charge on any atom is -0.370 e. The number of nitrogens with zero attached hydrogens (tertiary/aromatic N) is 4. The summed E-state index contributed by atoms with van der Waals surface area (Å²) >= 11 is 0. The van der Waals surface area contributed by atoms with Gasteiger partial charge in [0.25, 0.3) is 5.91 Å². The van der Waals surface area contributed by atoms with Gasteiger partial charge in [-0.15, -0.1) is 0 Å². The Hall–Kier alpha value is -2.21. The van der Waals surface area contributed by atoms with Crippen molar-refractivity contribution in [1.29, 1.82) is 0 Å². The van der Waals surface area contributed by atoms with E-state index >= 15 is 0 Å². The van der Waals surface area contributed by atoms with Gasteiger partial charge < -0.3 is 9.64 Å². The van der Waals surface area contributed by atoms with Crippen molar-refractivity contribution in [3.05, 3.63) is 47.0 Å². The van der Waals surface area contributed by atoms with Crippen LogP contribution in [0.5, 0.6) is 0 Å². The molecular formula is C16H20N4O2. The lowest BCUT2D eigenvalue weighted by Gasteiger charge is -2.33. The van der Waals surface area contributed by atoms with E-state index in [2.05, 4.69) is 10.1 Å². The fraction of sp³-hybridized carbons (Fsp3) is 0.438. The highest BCUT2D eigenvalue weighted by Crippen LogP contribution is 2.23. The fourth-order valence-electron chi connectivity index (χ4n) is 2.78. The van der Waals surface area contributed by atoms with Gasteiger partial charge in [0.15, 0.2) is 0 Å². The normalized spacial score (nSPS) is 18.5. The summed E-state index contributed by atoms with van der Waals surface area (Å²) in [4.78, 5) is 18.7. The van der Waals surface area contributed by atoms with E-state index in [1.54, 1.807) is 17.1 Å². The Morgan fingerprint density at radius 1 is 1.41 bits per heavy atom. The molecule has 0 radical (unpaired) electrons. The SMILES string of the molecule is Cc1cc([C@@H]2CN(C(=O)c3cn(C)nc3C)CCO2)ccn1. The van der Waals surface area contributed by atoms with E-state index in [1.165, 1.54) is 0 Å². The fourth-order valence-corrected chi connectivity index (χ4v) is 2.78. The molecule has 0 aliphatic carbocycles. The first-order valence-electron chi connectivity index (χ1n) is 7.38. The van der Waals surface area contributed by atoms with Gasteiger partial charge in [0.1, 0.15) is 6.10 Å². The van der Waals surface area contributed by atoms with E-state index in [4.69, 9.17) is 4.74 Å². The van der Waals surface area contributed by atoms with Crippen LogP contribution in [0.15, 0.2) is 24.5 Å². The summed E-state index contributed by atoms with van der Waals surface area (Å²) in [7, 11) is 1.83. The first-order chi connectivity index (χ1) is 10.5. The molecule has 0 aromatic carbocycles. The van der Waals surface area contributed by atoms with Crippen LogP contribution in [-0.4, -0.2) is 45.3 Å². The summed E-state index contributed by atoms with van der Waals surface area (Å²) in [6.07, 6.45) is 3.45. The molecule has 0 saturated carbocycles. The number of hydrogen-bond donors (Lipinski definition) is 0. The topological polar surface area (TPSA) is 60.2 Å². The summed E-state index contributed by atoms with van der Waals surface area (Å²) in [5, 5.41) is 4.25. The lowest BCUT2D eigenvalue weighted by molar-refractivity contribution is -0.0229. The Morgan fingerprint density at radius 3 is 2.91 bits per heavy atom. The first-order valence-corrected chi connectivity index (χ1v) is 7.38. The molecule has 1 fully saturated rings. The Balaban J connectivity index is 1.78. The summed E-state index contributed by atoms with van der Waals surface area (Å²) < 4.78 is 7.50. The molecular weight excluding hydrogens is 280 g/mol. The summed E-state index contributed by atoms with van der Waals surface area (Å²) in [6.45, 7) is 5.51. The summed E-state index contributed by atoms with van der Waals surface area (Å²) in [5.41, 5.74) is 3.44. The molecule has 22 heavy (non-hydrogen) atoms. The Morgan fingerprint density at radius 2 is 2.23 bits per heavy atom. The first kappa shape index (κ1) is 14.7. The summed E-state index contributed by atoms with van der Waals surface area (Å²) in [5.74, 6) is 0.0182. The van der Waals surface area contributed by atoms with Crippen molar-refractivity contribution in [3.63, 3.8) is 0 Å². The molecule has 0 unspecified atom stereocenters. The maximum absolute atomic E-state index is 12.7. The molecule has 3 heterocycles. The third-order valence-electron chi connectivity index (χ3n) is 3.89. The van der Waals surface area contributed by atoms with Crippen LogP contribution in [-0.2, 0) is 11.8 Å². The van der Waals surface area contributed by atoms with E-state index in [9.17, 15) is 4.79 Å². The molecule has 6 nitrogen and oxygen atoms in total. The molecule has 1 saturated heterocycles. The number of carbonyl (C=O) groups excluding carboxylic acids is 1. The largest absolute Gasteiger partial charge is 0.370 e. The van der Waals surface area contributed by atoms with Crippen molar-refractivity contribution in [3.8, 4) is 0 Å². The minimum absolute atomic E-state index is 0.0182. The molecule has 6 heteroatoms. The molecule has 2 aromatic rings. The van der Waals surface area contributed by atoms with Crippen LogP contribution in [0, 0.1) is 13.8 Å². The highest BCUT2D eigenvalue weighted by molar-refractivity contribution is 5.95. The monoisotopic (exact) mass is 300 g/mol. The highest BCUT2D eigenvalue weighted by Gasteiger charge is 2.27. The van der Waals surface area contributed by atoms with Crippen LogP contribution in [0.4, 0.5) is 0 Å². The van der Waals surface area contributed by atoms with Gasteiger partial charge in [-0.05, 0) is 31.5 Å². The number of ether oxygens (including phenoxy) is 1. The third kappa shape index (κ3) is 2.87. The van der Waals surface area contributed by atoms with Crippen molar-refractivity contribution in [2.45, 2.75) is 20.0 Å². The third-order valence-corrected chi connectivity index (χ3v) is 3.89. The van der Waals surface area contributed by atoms with Crippen molar-refractivity contribution >= 4 is 5.91 Å². The molecule has 0 bridgehead atoms. The Kier molecular flexibility index (Phi) is 3.94. The zero-order valence-corrected chi connectivity index (χ0v) is 13.1. The van der Waals surface area contributed by atoms with Gasteiger partial charge >= 0.3 is 0 Å². The lowest BCUT2D eigenvalue weighted by Crippen LogP contribution is -2.42. The molecule has 1 aliphatic heterocycles. The Bertz CT molecular complexity index is 695. The molecule has 0 spiro atoms. The smallest absolute Gasteiger partial charge is 0.257 e. The molecule has 1 amide bonds. The number of hydrogen-bond acceptors (Lipinski definition) is 4. The number of carbonyl (C=O) groups is 1. The quantitative estimate of drug-likeness (QED) is 0.846. The van der Waals surface area contributed by atoms with Crippen LogP contribution in [0.25, 0.3) is 0 Å². The van der Waals surface area contributed by atoms with Gasteiger partial charge in [0, 0.05) is 31.7 Å². The van der Waals surface area contributed by atoms with Gasteiger partial charge in [0.05, 0.1) is 24.4 Å². The van der Waals surface area contributed by atoms with Crippen molar-refractivity contribution in [2.75, 3.05) is 19.7 Å². The second kappa shape index (κ2) is 5.88. The molecule has 3 rings (SSSR count). The van der Waals surface area contributed by atoms with Crippen molar-refractivity contribution in [1.82, 2.24) is 19.7 Å². The van der Waals surface area contributed by atoms with Crippen LogP contribution in [0.1, 0.15) is 33.4 Å². The average molecular weight is 300 g/mol. The van der Waals surface area contributed by atoms with E-state index in [1.807, 2.05) is 37.9 Å². The van der Waals surface area contributed by atoms with Crippen LogP contribution in [0.3, 0.4) is 0 Å². The van der Waals surface area contributed by atoms with Gasteiger partial charge in [-0.3, -0.25) is 14.5 Å². The van der Waals surface area contributed by atoms with E-state index in [0.29, 0.717) is 25.3 Å². The van der Waals surface area contributed by atoms with Gasteiger partial charge in [-0.25, -0.2) is 0 Å². The average Bonchev–Trinajstić information content (AvgIpc) is 2.85. The standard InChI is InChI=1S/C16H20N4O2/c1-11-8-13(4-5-17-11)15-10-20(6-7-22-15)16(21)14-9-19(3)18-12(14)2/h4-5,8-9,15H,6-7,10H2,1-3H3/t15-/m0/s1. The number of rotatable bonds is 2. The van der Waals surface area contributed by atoms with Crippen LogP contribution < -0.4 is 0 Å². The predicted molar refractivity (Wildman–Crippen MR) is 81.5 cm³/mol. The zero-order chi connectivity index (χ0) is 15.7. The van der Waals surface area contributed by atoms with Gasteiger partial charge in [0.2, 0.25) is 0 Å². The highest BCUT2D eigenvalue weighted by atomic mass is 16.5. The second-order valence-electron chi connectivity index (χ2n) is 5.64. The maximum Gasteiger partial charge on any atom is 0.257 e. The van der Waals surface area contributed by atoms with Crippen LogP contribution >= 0.6 is 0 Å². The molecule has 116 valence electrons. The molecule has 1 aliphatic rings. The predicted octanol–water partition coefficient (Wildman–Crippen LogP) is 1.65. The maximum atomic E-state index is 12.7. The summed E-state index contributed by atoms with van der Waals surface area (Å²) in [6, 6.07) is 3.95. The Labute approximate surface area is 129 Å². The van der Waals surface area contributed by atoms with Crippen LogP contribution in [0.2, 0.25) is 0 Å². The van der Waals surface area contributed by atoms with E-state index in [0.717, 1.165) is 17.0 Å². The van der Waals surface area contributed by atoms with Gasteiger partial charge in [-0.1, -0.05) is 0 Å². The number of morpholine rings is 1. The van der Waals surface area contributed by atoms with Crippen molar-refractivity contribution < 1.29 is 9.53 Å². The number of amides is 1. The molecule has 1 atom stereocenters. The number of aromatic nitrogens is 3. The van der Waals surface area contributed by atoms with E-state index in [-0.39, 0.29) is 12.0 Å². The van der Waals surface area contributed by atoms with E-state index < -0.39 is 0 Å². The zero-order valence-electron chi connectivity index (χ0n) is 13.1. The molecule has 2 aromatic heterocycles.